The standard InChI is InChI=1S/C3H14O3Si4/c1-2-3-8-5-10-6-9-4-7/h2H,1,3,8-10H2,7H3. The summed E-state index contributed by atoms with van der Waals surface area (Å²) >= 11 is 0. The third-order valence-electron chi connectivity index (χ3n) is 0.834. The zero-order valence-electron chi connectivity index (χ0n) is 6.34. The SMILES string of the molecule is C=CC[SiH2]O[SiH2]O[SiH2]O[SiH3]. The molecule has 10 heavy (non-hydrogen) atoms. The van der Waals surface area contributed by atoms with E-state index in [0.717, 1.165) is 16.5 Å². The summed E-state index contributed by atoms with van der Waals surface area (Å²) in [4.78, 5) is 0. The van der Waals surface area contributed by atoms with Gasteiger partial charge in [-0.1, -0.05) is 6.08 Å². The molecule has 7 heteroatoms. The van der Waals surface area contributed by atoms with Crippen molar-refractivity contribution < 1.29 is 12.3 Å². The van der Waals surface area contributed by atoms with Gasteiger partial charge in [0.1, 0.15) is 10.5 Å². The van der Waals surface area contributed by atoms with Gasteiger partial charge in [-0.2, -0.15) is 0 Å². The second kappa shape index (κ2) is 9.49. The molecule has 0 saturated carbocycles. The van der Waals surface area contributed by atoms with Crippen molar-refractivity contribution in [3.8, 4) is 0 Å². The fourth-order valence-corrected chi connectivity index (χ4v) is 5.68. The lowest BCUT2D eigenvalue weighted by Gasteiger charge is -2.01. The monoisotopic (exact) mass is 210 g/mol. The van der Waals surface area contributed by atoms with E-state index < -0.39 is 20.0 Å². The lowest BCUT2D eigenvalue weighted by molar-refractivity contribution is 0.439. The molecule has 3 nitrogen and oxygen atoms in total. The second-order valence-corrected chi connectivity index (χ2v) is 8.75. The minimum absolute atomic E-state index is 0.320. The topological polar surface area (TPSA) is 27.7 Å². The Kier molecular flexibility index (Phi) is 9.95. The molecule has 0 aliphatic heterocycles. The van der Waals surface area contributed by atoms with Crippen LogP contribution >= 0.6 is 0 Å². The van der Waals surface area contributed by atoms with Crippen LogP contribution < -0.4 is 0 Å². The maximum atomic E-state index is 5.33. The van der Waals surface area contributed by atoms with Crippen molar-refractivity contribution in [1.82, 2.24) is 0 Å². The third-order valence-corrected chi connectivity index (χ3v) is 5.58. The Morgan fingerprint density at radius 1 is 1.40 bits per heavy atom. The summed E-state index contributed by atoms with van der Waals surface area (Å²) in [6.07, 6.45) is 1.90. The molecular weight excluding hydrogens is 196 g/mol. The van der Waals surface area contributed by atoms with E-state index in [9.17, 15) is 0 Å². The van der Waals surface area contributed by atoms with Gasteiger partial charge >= 0.3 is 0 Å². The summed E-state index contributed by atoms with van der Waals surface area (Å²) in [7, 11) is -0.777. The summed E-state index contributed by atoms with van der Waals surface area (Å²) in [6.45, 7) is 3.61. The highest BCUT2D eigenvalue weighted by atomic mass is 28.4. The molecular formula is C3H14O3Si4. The molecule has 0 heterocycles. The number of rotatable bonds is 7. The summed E-state index contributed by atoms with van der Waals surface area (Å²) < 4.78 is 15.5. The minimum Gasteiger partial charge on any atom is -0.449 e. The van der Waals surface area contributed by atoms with Crippen molar-refractivity contribution >= 4 is 40.3 Å². The van der Waals surface area contributed by atoms with E-state index in [4.69, 9.17) is 12.3 Å². The molecule has 0 fully saturated rings. The van der Waals surface area contributed by atoms with Gasteiger partial charge in [0.05, 0.1) is 0 Å². The number of allylic oxidation sites excluding steroid dienone is 1. The van der Waals surface area contributed by atoms with Crippen LogP contribution in [-0.2, 0) is 12.3 Å². The molecule has 0 aliphatic rings. The molecule has 0 radical (unpaired) electrons. The molecule has 0 spiro atoms. The number of hydrogen-bond acceptors (Lipinski definition) is 3. The molecule has 0 N–H and O–H groups in total. The van der Waals surface area contributed by atoms with Gasteiger partial charge in [-0.3, -0.25) is 0 Å². The molecule has 0 aromatic carbocycles. The molecule has 60 valence electrons. The molecule has 0 aliphatic carbocycles. The third kappa shape index (κ3) is 8.49. The first-order chi connectivity index (χ1) is 4.91. The summed E-state index contributed by atoms with van der Waals surface area (Å²) in [5.74, 6) is 0. The lowest BCUT2D eigenvalue weighted by Crippen LogP contribution is -2.12. The molecule has 0 amide bonds. The predicted octanol–water partition coefficient (Wildman–Crippen LogP) is -3.00. The van der Waals surface area contributed by atoms with E-state index in [1.54, 1.807) is 0 Å². The first kappa shape index (κ1) is 10.5. The van der Waals surface area contributed by atoms with Crippen LogP contribution in [-0.4, -0.2) is 40.3 Å². The Bertz CT molecular complexity index is 80.1. The van der Waals surface area contributed by atoms with Crippen LogP contribution in [0.2, 0.25) is 6.04 Å². The van der Waals surface area contributed by atoms with E-state index in [1.807, 2.05) is 6.08 Å². The van der Waals surface area contributed by atoms with Gasteiger partial charge < -0.3 is 12.3 Å². The predicted molar refractivity (Wildman–Crippen MR) is 53.8 cm³/mol. The van der Waals surface area contributed by atoms with Crippen LogP contribution in [0.3, 0.4) is 0 Å². The van der Waals surface area contributed by atoms with Crippen molar-refractivity contribution in [2.45, 2.75) is 6.04 Å². The normalized spacial score (nSPS) is 13.6. The molecule has 0 atom stereocenters. The quantitative estimate of drug-likeness (QED) is 0.255. The van der Waals surface area contributed by atoms with Crippen LogP contribution in [0.25, 0.3) is 0 Å². The largest absolute Gasteiger partial charge is 0.449 e. The van der Waals surface area contributed by atoms with Gasteiger partial charge in [-0.15, -0.1) is 6.58 Å². The zero-order chi connectivity index (χ0) is 7.66. The molecule has 0 unspecified atom stereocenters. The maximum Gasteiger partial charge on any atom is 0.284 e. The summed E-state index contributed by atoms with van der Waals surface area (Å²) in [6, 6.07) is 1.06. The zero-order valence-corrected chi connectivity index (χ0v) is 12.6. The molecule has 0 aromatic heterocycles. The van der Waals surface area contributed by atoms with Gasteiger partial charge in [0.15, 0.2) is 9.76 Å². The van der Waals surface area contributed by atoms with E-state index in [0.29, 0.717) is 0 Å². The van der Waals surface area contributed by atoms with Gasteiger partial charge in [0.2, 0.25) is 0 Å². The van der Waals surface area contributed by atoms with Gasteiger partial charge in [-0.05, 0) is 6.04 Å². The van der Waals surface area contributed by atoms with E-state index >= 15 is 0 Å². The van der Waals surface area contributed by atoms with Crippen LogP contribution in [0.15, 0.2) is 12.7 Å². The summed E-state index contributed by atoms with van der Waals surface area (Å²) in [5, 5.41) is 0. The smallest absolute Gasteiger partial charge is 0.284 e. The Labute approximate surface area is 71.8 Å². The Morgan fingerprint density at radius 3 is 2.80 bits per heavy atom. The maximum absolute atomic E-state index is 5.33. The first-order valence-electron chi connectivity index (χ1n) is 3.17. The van der Waals surface area contributed by atoms with E-state index in [1.165, 1.54) is 0 Å². The van der Waals surface area contributed by atoms with E-state index in [2.05, 4.69) is 6.58 Å². The highest BCUT2D eigenvalue weighted by Gasteiger charge is 1.87. The molecule has 0 aromatic rings. The van der Waals surface area contributed by atoms with Crippen molar-refractivity contribution in [2.24, 2.45) is 0 Å². The fourth-order valence-electron chi connectivity index (χ4n) is 0.402. The fraction of sp³-hybridized carbons (Fsp3) is 0.333. The van der Waals surface area contributed by atoms with Crippen molar-refractivity contribution in [1.29, 1.82) is 0 Å². The van der Waals surface area contributed by atoms with Gasteiger partial charge in [-0.25, -0.2) is 0 Å². The van der Waals surface area contributed by atoms with Crippen LogP contribution in [0, 0.1) is 0 Å². The minimum atomic E-state index is -0.647. The van der Waals surface area contributed by atoms with Crippen LogP contribution in [0.1, 0.15) is 0 Å². The molecule has 0 saturated heterocycles. The average Bonchev–Trinajstić information content (AvgIpc) is 1.97. The van der Waals surface area contributed by atoms with Crippen molar-refractivity contribution in [2.75, 3.05) is 0 Å². The molecule has 0 bridgehead atoms. The summed E-state index contributed by atoms with van der Waals surface area (Å²) in [5.41, 5.74) is 0. The first-order valence-corrected chi connectivity index (χ1v) is 7.87. The highest BCUT2D eigenvalue weighted by Crippen LogP contribution is 1.79. The van der Waals surface area contributed by atoms with Crippen LogP contribution in [0.4, 0.5) is 0 Å². The second-order valence-electron chi connectivity index (χ2n) is 1.71. The lowest BCUT2D eigenvalue weighted by atomic mass is 10.8. The number of hydrogen-bond donors (Lipinski definition) is 0. The van der Waals surface area contributed by atoms with Crippen LogP contribution in [0.5, 0.6) is 0 Å². The van der Waals surface area contributed by atoms with Crippen molar-refractivity contribution in [3.05, 3.63) is 12.7 Å². The highest BCUT2D eigenvalue weighted by molar-refractivity contribution is 6.44. The van der Waals surface area contributed by atoms with Gasteiger partial charge in [0, 0.05) is 0 Å². The Balaban J connectivity index is 2.70. The Morgan fingerprint density at radius 2 is 2.20 bits per heavy atom. The van der Waals surface area contributed by atoms with E-state index in [-0.39, 0.29) is 9.76 Å². The average molecular weight is 210 g/mol. The van der Waals surface area contributed by atoms with Crippen molar-refractivity contribution in [3.63, 3.8) is 0 Å². The molecule has 0 rings (SSSR count). The Hall–Kier alpha value is 0.488. The van der Waals surface area contributed by atoms with Gasteiger partial charge in [0.25, 0.3) is 20.0 Å².